The molecule has 0 bridgehead atoms. The molecule has 0 fully saturated rings. The van der Waals surface area contributed by atoms with Crippen LogP contribution in [0.15, 0.2) is 60.7 Å². The smallest absolute Gasteiger partial charge is 0.211 e. The molecule has 0 saturated heterocycles. The van der Waals surface area contributed by atoms with Crippen LogP contribution < -0.4 is 0 Å². The van der Waals surface area contributed by atoms with E-state index in [9.17, 15) is 8.42 Å². The SMILES string of the molecule is O=S(=O)(Cl)C(c1ccccc1)c1ccccc1. The Labute approximate surface area is 105 Å². The van der Waals surface area contributed by atoms with E-state index in [0.717, 1.165) is 0 Å². The Balaban J connectivity index is 2.56. The summed E-state index contributed by atoms with van der Waals surface area (Å²) < 4.78 is 23.4. The average Bonchev–Trinajstić information content (AvgIpc) is 2.30. The Morgan fingerprint density at radius 3 is 1.41 bits per heavy atom. The molecule has 2 aromatic rings. The van der Waals surface area contributed by atoms with Crippen LogP contribution in [0.3, 0.4) is 0 Å². The van der Waals surface area contributed by atoms with Crippen LogP contribution in [0.1, 0.15) is 16.4 Å². The lowest BCUT2D eigenvalue weighted by Gasteiger charge is -2.14. The minimum Gasteiger partial charge on any atom is -0.211 e. The normalized spacial score (nSPS) is 11.6. The van der Waals surface area contributed by atoms with Crippen molar-refractivity contribution in [2.45, 2.75) is 5.25 Å². The first-order valence-corrected chi connectivity index (χ1v) is 7.49. The zero-order chi connectivity index (χ0) is 12.3. The molecule has 0 aliphatic rings. The molecule has 0 N–H and O–H groups in total. The molecule has 88 valence electrons. The Bertz CT molecular complexity index is 540. The van der Waals surface area contributed by atoms with E-state index < -0.39 is 14.3 Å². The number of rotatable bonds is 3. The van der Waals surface area contributed by atoms with Gasteiger partial charge >= 0.3 is 0 Å². The van der Waals surface area contributed by atoms with Gasteiger partial charge in [-0.1, -0.05) is 60.7 Å². The van der Waals surface area contributed by atoms with E-state index >= 15 is 0 Å². The third-order valence-electron chi connectivity index (χ3n) is 2.49. The second-order valence-electron chi connectivity index (χ2n) is 3.68. The highest BCUT2D eigenvalue weighted by atomic mass is 35.7. The molecule has 0 saturated carbocycles. The lowest BCUT2D eigenvalue weighted by atomic mass is 10.0. The van der Waals surface area contributed by atoms with Gasteiger partial charge in [0.25, 0.3) is 0 Å². The molecule has 0 radical (unpaired) electrons. The summed E-state index contributed by atoms with van der Waals surface area (Å²) in [5.41, 5.74) is 1.35. The minimum atomic E-state index is -3.70. The summed E-state index contributed by atoms with van der Waals surface area (Å²) in [6.07, 6.45) is 0. The highest BCUT2D eigenvalue weighted by molar-refractivity contribution is 8.14. The van der Waals surface area contributed by atoms with Gasteiger partial charge in [0, 0.05) is 10.7 Å². The molecular weight excluding hydrogens is 256 g/mol. The van der Waals surface area contributed by atoms with Gasteiger partial charge in [-0.05, 0) is 11.1 Å². The maximum Gasteiger partial charge on any atom is 0.243 e. The second-order valence-corrected chi connectivity index (χ2v) is 6.39. The number of benzene rings is 2. The third-order valence-corrected chi connectivity index (χ3v) is 4.13. The van der Waals surface area contributed by atoms with Crippen LogP contribution in [-0.4, -0.2) is 8.42 Å². The molecule has 2 nitrogen and oxygen atoms in total. The van der Waals surface area contributed by atoms with Crippen LogP contribution in [0.5, 0.6) is 0 Å². The van der Waals surface area contributed by atoms with Gasteiger partial charge in [0.05, 0.1) is 0 Å². The first-order chi connectivity index (χ1) is 8.09. The van der Waals surface area contributed by atoms with Crippen LogP contribution in [0.4, 0.5) is 0 Å². The largest absolute Gasteiger partial charge is 0.243 e. The summed E-state index contributed by atoms with van der Waals surface area (Å²) in [5, 5.41) is -0.813. The molecule has 0 aromatic heterocycles. The van der Waals surface area contributed by atoms with Gasteiger partial charge in [0.15, 0.2) is 0 Å². The highest BCUT2D eigenvalue weighted by Crippen LogP contribution is 2.32. The van der Waals surface area contributed by atoms with Crippen LogP contribution in [0.25, 0.3) is 0 Å². The maximum atomic E-state index is 11.7. The lowest BCUT2D eigenvalue weighted by Crippen LogP contribution is -2.08. The molecule has 0 spiro atoms. The van der Waals surface area contributed by atoms with E-state index in [1.807, 2.05) is 12.1 Å². The van der Waals surface area contributed by atoms with E-state index in [4.69, 9.17) is 10.7 Å². The second kappa shape index (κ2) is 4.90. The Hall–Kier alpha value is -1.32. The number of hydrogen-bond donors (Lipinski definition) is 0. The van der Waals surface area contributed by atoms with E-state index in [1.165, 1.54) is 0 Å². The molecule has 0 amide bonds. The van der Waals surface area contributed by atoms with Crippen molar-refractivity contribution in [3.63, 3.8) is 0 Å². The summed E-state index contributed by atoms with van der Waals surface area (Å²) in [4.78, 5) is 0. The van der Waals surface area contributed by atoms with Gasteiger partial charge in [-0.3, -0.25) is 0 Å². The Morgan fingerprint density at radius 1 is 0.765 bits per heavy atom. The molecule has 0 heterocycles. The first kappa shape index (κ1) is 12.1. The lowest BCUT2D eigenvalue weighted by molar-refractivity contribution is 0.603. The van der Waals surface area contributed by atoms with Gasteiger partial charge in [-0.15, -0.1) is 0 Å². The van der Waals surface area contributed by atoms with Crippen LogP contribution in [0, 0.1) is 0 Å². The van der Waals surface area contributed by atoms with Crippen molar-refractivity contribution >= 4 is 19.7 Å². The first-order valence-electron chi connectivity index (χ1n) is 5.12. The van der Waals surface area contributed by atoms with E-state index in [-0.39, 0.29) is 0 Å². The third kappa shape index (κ3) is 2.87. The van der Waals surface area contributed by atoms with Crippen LogP contribution >= 0.6 is 10.7 Å². The summed E-state index contributed by atoms with van der Waals surface area (Å²) in [6.45, 7) is 0. The average molecular weight is 267 g/mol. The molecular formula is C13H11ClO2S. The molecule has 0 atom stereocenters. The van der Waals surface area contributed by atoms with Crippen molar-refractivity contribution in [2.75, 3.05) is 0 Å². The predicted octanol–water partition coefficient (Wildman–Crippen LogP) is 3.34. The van der Waals surface area contributed by atoms with Crippen molar-refractivity contribution in [3.8, 4) is 0 Å². The molecule has 17 heavy (non-hydrogen) atoms. The molecule has 4 heteroatoms. The summed E-state index contributed by atoms with van der Waals surface area (Å²) in [5.74, 6) is 0. The fourth-order valence-corrected chi connectivity index (χ4v) is 3.35. The molecule has 0 unspecified atom stereocenters. The van der Waals surface area contributed by atoms with Crippen molar-refractivity contribution in [1.29, 1.82) is 0 Å². The molecule has 0 aliphatic heterocycles. The van der Waals surface area contributed by atoms with Gasteiger partial charge < -0.3 is 0 Å². The maximum absolute atomic E-state index is 11.7. The Kier molecular flexibility index (Phi) is 3.50. The molecule has 0 aliphatic carbocycles. The van der Waals surface area contributed by atoms with Gasteiger partial charge in [0.2, 0.25) is 9.05 Å². The van der Waals surface area contributed by atoms with Crippen molar-refractivity contribution in [3.05, 3.63) is 71.8 Å². The fourth-order valence-electron chi connectivity index (χ4n) is 1.77. The Morgan fingerprint density at radius 2 is 1.12 bits per heavy atom. The molecule has 2 aromatic carbocycles. The van der Waals surface area contributed by atoms with Crippen LogP contribution in [0.2, 0.25) is 0 Å². The summed E-state index contributed by atoms with van der Waals surface area (Å²) in [7, 11) is 1.84. The summed E-state index contributed by atoms with van der Waals surface area (Å²) in [6, 6.07) is 17.9. The standard InChI is InChI=1S/C13H11ClO2S/c14-17(15,16)13(11-7-3-1-4-8-11)12-9-5-2-6-10-12/h1-10,13H. The fraction of sp³-hybridized carbons (Fsp3) is 0.0769. The molecule has 2 rings (SSSR count). The van der Waals surface area contributed by atoms with E-state index in [2.05, 4.69) is 0 Å². The summed E-state index contributed by atoms with van der Waals surface area (Å²) >= 11 is 0. The quantitative estimate of drug-likeness (QED) is 0.799. The minimum absolute atomic E-state index is 0.675. The van der Waals surface area contributed by atoms with Gasteiger partial charge in [0.1, 0.15) is 5.25 Å². The zero-order valence-electron chi connectivity index (χ0n) is 8.95. The van der Waals surface area contributed by atoms with Crippen molar-refractivity contribution in [2.24, 2.45) is 0 Å². The monoisotopic (exact) mass is 266 g/mol. The van der Waals surface area contributed by atoms with Crippen molar-refractivity contribution in [1.82, 2.24) is 0 Å². The number of hydrogen-bond acceptors (Lipinski definition) is 2. The predicted molar refractivity (Wildman–Crippen MR) is 69.5 cm³/mol. The topological polar surface area (TPSA) is 34.1 Å². The zero-order valence-corrected chi connectivity index (χ0v) is 10.5. The highest BCUT2D eigenvalue weighted by Gasteiger charge is 2.26. The van der Waals surface area contributed by atoms with Crippen molar-refractivity contribution < 1.29 is 8.42 Å². The van der Waals surface area contributed by atoms with Gasteiger partial charge in [-0.25, -0.2) is 8.42 Å². The van der Waals surface area contributed by atoms with Crippen LogP contribution in [-0.2, 0) is 9.05 Å². The van der Waals surface area contributed by atoms with E-state index in [0.29, 0.717) is 11.1 Å². The number of halogens is 1. The van der Waals surface area contributed by atoms with E-state index in [1.54, 1.807) is 48.5 Å². The van der Waals surface area contributed by atoms with Gasteiger partial charge in [-0.2, -0.15) is 0 Å².